The van der Waals surface area contributed by atoms with E-state index < -0.39 is 35.1 Å². The predicted octanol–water partition coefficient (Wildman–Crippen LogP) is 2.89. The van der Waals surface area contributed by atoms with Gasteiger partial charge in [-0.15, -0.1) is 0 Å². The van der Waals surface area contributed by atoms with Gasteiger partial charge in [-0.2, -0.15) is 0 Å². The van der Waals surface area contributed by atoms with Gasteiger partial charge in [-0.1, -0.05) is 42.5 Å². The number of carboxylic acids is 1. The van der Waals surface area contributed by atoms with E-state index in [1.54, 1.807) is 55.5 Å². The van der Waals surface area contributed by atoms with Crippen LogP contribution in [0.2, 0.25) is 0 Å². The van der Waals surface area contributed by atoms with E-state index in [1.807, 2.05) is 0 Å². The van der Waals surface area contributed by atoms with E-state index in [2.05, 4.69) is 0 Å². The monoisotopic (exact) mass is 382 g/mol. The molecule has 0 radical (unpaired) electrons. The van der Waals surface area contributed by atoms with Gasteiger partial charge in [0.15, 0.2) is 5.92 Å². The molecule has 0 aliphatic rings. The van der Waals surface area contributed by atoms with Crippen LogP contribution in [-0.4, -0.2) is 28.8 Å². The van der Waals surface area contributed by atoms with Crippen molar-refractivity contribution in [2.75, 3.05) is 6.61 Å². The number of hydrogen-bond donors (Lipinski definition) is 2. The first-order valence-electron chi connectivity index (χ1n) is 8.64. The van der Waals surface area contributed by atoms with Gasteiger partial charge in [-0.05, 0) is 24.6 Å². The molecule has 2 atom stereocenters. The molecule has 144 valence electrons. The molecule has 28 heavy (non-hydrogen) atoms. The SMILES string of the molecule is CCOC(=O)C(C(=O)O)C(c1ccccc1)c1c(O)c2ccccc2oc1=O. The summed E-state index contributed by atoms with van der Waals surface area (Å²) < 4.78 is 10.2. The van der Waals surface area contributed by atoms with Crippen LogP contribution < -0.4 is 5.63 Å². The maximum Gasteiger partial charge on any atom is 0.343 e. The molecule has 0 spiro atoms. The summed E-state index contributed by atoms with van der Waals surface area (Å²) in [7, 11) is 0. The molecule has 0 aliphatic heterocycles. The molecular formula is C21H18O7. The van der Waals surface area contributed by atoms with E-state index in [-0.39, 0.29) is 23.1 Å². The zero-order chi connectivity index (χ0) is 20.3. The summed E-state index contributed by atoms with van der Waals surface area (Å²) in [4.78, 5) is 37.1. The minimum atomic E-state index is -1.74. The summed E-state index contributed by atoms with van der Waals surface area (Å²) in [5, 5.41) is 20.8. The number of para-hydroxylation sites is 1. The van der Waals surface area contributed by atoms with Crippen molar-refractivity contribution in [2.45, 2.75) is 12.8 Å². The topological polar surface area (TPSA) is 114 Å². The van der Waals surface area contributed by atoms with E-state index in [0.717, 1.165) is 0 Å². The van der Waals surface area contributed by atoms with Crippen molar-refractivity contribution in [1.29, 1.82) is 0 Å². The second-order valence-corrected chi connectivity index (χ2v) is 6.10. The van der Waals surface area contributed by atoms with Gasteiger partial charge in [-0.25, -0.2) is 4.79 Å². The van der Waals surface area contributed by atoms with Gasteiger partial charge in [0, 0.05) is 5.92 Å². The van der Waals surface area contributed by atoms with Gasteiger partial charge in [0.2, 0.25) is 0 Å². The van der Waals surface area contributed by atoms with Crippen molar-refractivity contribution in [3.63, 3.8) is 0 Å². The number of aromatic hydroxyl groups is 1. The third-order valence-corrected chi connectivity index (χ3v) is 4.43. The highest BCUT2D eigenvalue weighted by Gasteiger charge is 2.41. The number of fused-ring (bicyclic) bond motifs is 1. The zero-order valence-electron chi connectivity index (χ0n) is 15.0. The normalized spacial score (nSPS) is 13.0. The lowest BCUT2D eigenvalue weighted by Crippen LogP contribution is -2.34. The van der Waals surface area contributed by atoms with Crippen molar-refractivity contribution < 1.29 is 29.0 Å². The maximum atomic E-state index is 12.7. The van der Waals surface area contributed by atoms with E-state index in [0.29, 0.717) is 5.56 Å². The molecule has 0 bridgehead atoms. The van der Waals surface area contributed by atoms with Gasteiger partial charge in [0.05, 0.1) is 17.6 Å². The van der Waals surface area contributed by atoms with Crippen molar-refractivity contribution in [1.82, 2.24) is 0 Å². The highest BCUT2D eigenvalue weighted by molar-refractivity contribution is 5.96. The fourth-order valence-corrected chi connectivity index (χ4v) is 3.22. The van der Waals surface area contributed by atoms with Gasteiger partial charge >= 0.3 is 17.6 Å². The minimum absolute atomic E-state index is 0.0254. The second-order valence-electron chi connectivity index (χ2n) is 6.10. The van der Waals surface area contributed by atoms with Crippen LogP contribution in [0.5, 0.6) is 5.75 Å². The Kier molecular flexibility index (Phi) is 5.44. The highest BCUT2D eigenvalue weighted by atomic mass is 16.5. The largest absolute Gasteiger partial charge is 0.507 e. The van der Waals surface area contributed by atoms with Gasteiger partial charge in [0.1, 0.15) is 11.3 Å². The molecule has 7 heteroatoms. The fourth-order valence-electron chi connectivity index (χ4n) is 3.22. The second kappa shape index (κ2) is 7.96. The van der Waals surface area contributed by atoms with Crippen LogP contribution in [0.1, 0.15) is 24.0 Å². The lowest BCUT2D eigenvalue weighted by Gasteiger charge is -2.23. The average Bonchev–Trinajstić information content (AvgIpc) is 2.67. The van der Waals surface area contributed by atoms with Crippen molar-refractivity contribution in [3.05, 3.63) is 76.1 Å². The standard InChI is InChI=1S/C21H18O7/c1-2-27-20(25)17(19(23)24)15(12-8-4-3-5-9-12)16-18(22)13-10-6-7-11-14(13)28-21(16)26/h3-11,15,17,22H,2H2,1H3,(H,23,24). The van der Waals surface area contributed by atoms with E-state index >= 15 is 0 Å². The van der Waals surface area contributed by atoms with Crippen LogP contribution in [0.3, 0.4) is 0 Å². The Morgan fingerprint density at radius 2 is 1.71 bits per heavy atom. The van der Waals surface area contributed by atoms with E-state index in [4.69, 9.17) is 9.15 Å². The molecule has 0 fully saturated rings. The molecule has 7 nitrogen and oxygen atoms in total. The lowest BCUT2D eigenvalue weighted by atomic mass is 9.80. The van der Waals surface area contributed by atoms with E-state index in [9.17, 15) is 24.6 Å². The molecular weight excluding hydrogens is 364 g/mol. The smallest absolute Gasteiger partial charge is 0.343 e. The molecule has 1 aromatic heterocycles. The van der Waals surface area contributed by atoms with E-state index in [1.165, 1.54) is 6.07 Å². The van der Waals surface area contributed by atoms with Crippen LogP contribution in [0.15, 0.2) is 63.8 Å². The highest BCUT2D eigenvalue weighted by Crippen LogP contribution is 2.39. The maximum absolute atomic E-state index is 12.7. The number of rotatable bonds is 6. The molecule has 2 aromatic carbocycles. The first-order valence-corrected chi connectivity index (χ1v) is 8.64. The number of benzene rings is 2. The summed E-state index contributed by atoms with van der Waals surface area (Å²) in [6.45, 7) is 1.53. The number of ether oxygens (including phenoxy) is 1. The average molecular weight is 382 g/mol. The fraction of sp³-hybridized carbons (Fsp3) is 0.190. The molecule has 3 aromatic rings. The van der Waals surface area contributed by atoms with Crippen molar-refractivity contribution in [3.8, 4) is 5.75 Å². The molecule has 0 saturated carbocycles. The van der Waals surface area contributed by atoms with Crippen LogP contribution in [0, 0.1) is 5.92 Å². The summed E-state index contributed by atoms with van der Waals surface area (Å²) in [5.74, 6) is -5.93. The summed E-state index contributed by atoms with van der Waals surface area (Å²) in [6, 6.07) is 14.5. The third-order valence-electron chi connectivity index (χ3n) is 4.43. The predicted molar refractivity (Wildman–Crippen MR) is 100 cm³/mol. The molecule has 0 saturated heterocycles. The van der Waals surface area contributed by atoms with Crippen LogP contribution >= 0.6 is 0 Å². The third kappa shape index (κ3) is 3.46. The summed E-state index contributed by atoms with van der Waals surface area (Å²) in [5.41, 5.74) is -0.699. The van der Waals surface area contributed by atoms with Crippen molar-refractivity contribution in [2.24, 2.45) is 5.92 Å². The Morgan fingerprint density at radius 1 is 1.07 bits per heavy atom. The summed E-state index contributed by atoms with van der Waals surface area (Å²) in [6.07, 6.45) is 0. The molecule has 0 aliphatic carbocycles. The van der Waals surface area contributed by atoms with Crippen LogP contribution in [0.25, 0.3) is 11.0 Å². The quantitative estimate of drug-likeness (QED) is 0.383. The number of carbonyl (C=O) groups excluding carboxylic acids is 1. The zero-order valence-corrected chi connectivity index (χ0v) is 15.0. The molecule has 2 unspecified atom stereocenters. The van der Waals surface area contributed by atoms with Crippen LogP contribution in [-0.2, 0) is 14.3 Å². The molecule has 3 rings (SSSR count). The Labute approximate surface area is 159 Å². The number of hydrogen-bond acceptors (Lipinski definition) is 6. The number of carboxylic acid groups (broad SMARTS) is 1. The Hall–Kier alpha value is -3.61. The Morgan fingerprint density at radius 3 is 2.36 bits per heavy atom. The Bertz CT molecular complexity index is 1070. The lowest BCUT2D eigenvalue weighted by molar-refractivity contribution is -0.159. The van der Waals surface area contributed by atoms with Crippen molar-refractivity contribution >= 4 is 22.9 Å². The number of carbonyl (C=O) groups is 2. The first-order chi connectivity index (χ1) is 13.5. The Balaban J connectivity index is 2.32. The summed E-state index contributed by atoms with van der Waals surface area (Å²) >= 11 is 0. The van der Waals surface area contributed by atoms with Crippen LogP contribution in [0.4, 0.5) is 0 Å². The molecule has 2 N–H and O–H groups in total. The number of aliphatic carboxylic acids is 1. The molecule has 0 amide bonds. The first kappa shape index (κ1) is 19.2. The van der Waals surface area contributed by atoms with Gasteiger partial charge in [0.25, 0.3) is 0 Å². The number of esters is 1. The van der Waals surface area contributed by atoms with Gasteiger partial charge < -0.3 is 19.4 Å². The molecule has 1 heterocycles. The van der Waals surface area contributed by atoms with Gasteiger partial charge in [-0.3, -0.25) is 9.59 Å². The minimum Gasteiger partial charge on any atom is -0.507 e.